The molecule has 0 spiro atoms. The van der Waals surface area contributed by atoms with Crippen molar-refractivity contribution in [1.29, 1.82) is 0 Å². The molecule has 1 aromatic rings. The predicted molar refractivity (Wildman–Crippen MR) is 82.5 cm³/mol. The summed E-state index contributed by atoms with van der Waals surface area (Å²) < 4.78 is 6.88. The van der Waals surface area contributed by atoms with E-state index in [1.807, 2.05) is 24.3 Å². The summed E-state index contributed by atoms with van der Waals surface area (Å²) in [5.41, 5.74) is 0. The Kier molecular flexibility index (Phi) is 5.86. The van der Waals surface area contributed by atoms with Crippen molar-refractivity contribution < 1.29 is 4.74 Å². The molecular formula is C14H20BrNOS. The minimum atomic E-state index is 0.672. The maximum absolute atomic E-state index is 5.81. The minimum Gasteiger partial charge on any atom is -0.494 e. The Balaban J connectivity index is 1.74. The van der Waals surface area contributed by atoms with Gasteiger partial charge in [0.25, 0.3) is 0 Å². The van der Waals surface area contributed by atoms with E-state index in [0.717, 1.165) is 35.7 Å². The van der Waals surface area contributed by atoms with Crippen molar-refractivity contribution in [3.05, 3.63) is 28.7 Å². The maximum Gasteiger partial charge on any atom is 0.120 e. The summed E-state index contributed by atoms with van der Waals surface area (Å²) in [6.07, 6.45) is 1.14. The molecule has 18 heavy (non-hydrogen) atoms. The van der Waals surface area contributed by atoms with Crippen molar-refractivity contribution in [3.63, 3.8) is 0 Å². The van der Waals surface area contributed by atoms with Crippen molar-refractivity contribution >= 4 is 27.7 Å². The molecule has 1 heterocycles. The average Bonchev–Trinajstić information content (AvgIpc) is 2.78. The molecule has 0 bridgehead atoms. The lowest BCUT2D eigenvalue weighted by atomic mass is 10.0. The van der Waals surface area contributed by atoms with E-state index in [9.17, 15) is 0 Å². The van der Waals surface area contributed by atoms with Crippen LogP contribution < -0.4 is 10.1 Å². The van der Waals surface area contributed by atoms with Crippen LogP contribution >= 0.6 is 27.7 Å². The van der Waals surface area contributed by atoms with Gasteiger partial charge >= 0.3 is 0 Å². The van der Waals surface area contributed by atoms with Crippen LogP contribution in [-0.4, -0.2) is 30.7 Å². The van der Waals surface area contributed by atoms with Crippen LogP contribution in [0.1, 0.15) is 13.3 Å². The van der Waals surface area contributed by atoms with Crippen LogP contribution in [0.4, 0.5) is 0 Å². The van der Waals surface area contributed by atoms with Gasteiger partial charge in [-0.1, -0.05) is 28.9 Å². The topological polar surface area (TPSA) is 21.3 Å². The first kappa shape index (κ1) is 14.2. The molecule has 1 saturated heterocycles. The van der Waals surface area contributed by atoms with Crippen molar-refractivity contribution in [2.45, 2.75) is 19.4 Å². The molecule has 1 N–H and O–H groups in total. The molecule has 0 saturated carbocycles. The number of rotatable bonds is 6. The second-order valence-corrected chi connectivity index (χ2v) is 6.55. The number of ether oxygens (including phenoxy) is 1. The highest BCUT2D eigenvalue weighted by molar-refractivity contribution is 9.10. The van der Waals surface area contributed by atoms with Gasteiger partial charge in [0.1, 0.15) is 5.75 Å². The van der Waals surface area contributed by atoms with Gasteiger partial charge in [-0.15, -0.1) is 0 Å². The van der Waals surface area contributed by atoms with Crippen molar-refractivity contribution in [2.75, 3.05) is 24.7 Å². The van der Waals surface area contributed by atoms with Gasteiger partial charge in [0.15, 0.2) is 0 Å². The zero-order valence-corrected chi connectivity index (χ0v) is 13.1. The molecule has 2 atom stereocenters. The summed E-state index contributed by atoms with van der Waals surface area (Å²) in [6, 6.07) is 8.72. The molecule has 4 heteroatoms. The van der Waals surface area contributed by atoms with Crippen molar-refractivity contribution in [1.82, 2.24) is 5.32 Å². The Labute approximate surface area is 122 Å². The highest BCUT2D eigenvalue weighted by Gasteiger charge is 2.26. The zero-order chi connectivity index (χ0) is 12.8. The molecule has 1 fully saturated rings. The SMILES string of the molecule is CCNC1CSCC1CCOc1cccc(Br)c1. The Morgan fingerprint density at radius 3 is 3.11 bits per heavy atom. The smallest absolute Gasteiger partial charge is 0.120 e. The molecule has 2 rings (SSSR count). The first-order valence-corrected chi connectivity index (χ1v) is 8.44. The lowest BCUT2D eigenvalue weighted by molar-refractivity contribution is 0.269. The molecule has 2 unspecified atom stereocenters. The Morgan fingerprint density at radius 1 is 1.44 bits per heavy atom. The van der Waals surface area contributed by atoms with Crippen molar-refractivity contribution in [2.24, 2.45) is 5.92 Å². The van der Waals surface area contributed by atoms with Gasteiger partial charge in [0, 0.05) is 16.3 Å². The summed E-state index contributed by atoms with van der Waals surface area (Å²) in [5.74, 6) is 4.21. The third-order valence-corrected chi connectivity index (χ3v) is 4.97. The van der Waals surface area contributed by atoms with Crippen LogP contribution in [0.25, 0.3) is 0 Å². The van der Waals surface area contributed by atoms with E-state index in [1.165, 1.54) is 11.5 Å². The predicted octanol–water partition coefficient (Wildman–Crippen LogP) is 3.56. The van der Waals surface area contributed by atoms with Gasteiger partial charge in [0.2, 0.25) is 0 Å². The number of hydrogen-bond donors (Lipinski definition) is 1. The third kappa shape index (κ3) is 4.18. The number of thioether (sulfide) groups is 1. The minimum absolute atomic E-state index is 0.672. The van der Waals surface area contributed by atoms with E-state index >= 15 is 0 Å². The monoisotopic (exact) mass is 329 g/mol. The second-order valence-electron chi connectivity index (χ2n) is 4.56. The zero-order valence-electron chi connectivity index (χ0n) is 10.7. The van der Waals surface area contributed by atoms with Crippen molar-refractivity contribution in [3.8, 4) is 5.75 Å². The van der Waals surface area contributed by atoms with E-state index in [1.54, 1.807) is 0 Å². The lowest BCUT2D eigenvalue weighted by Gasteiger charge is -2.19. The summed E-state index contributed by atoms with van der Waals surface area (Å²) in [6.45, 7) is 4.05. The van der Waals surface area contributed by atoms with Gasteiger partial charge in [-0.2, -0.15) is 11.8 Å². The number of nitrogens with one attached hydrogen (secondary N) is 1. The molecular weight excluding hydrogens is 310 g/mol. The van der Waals surface area contributed by atoms with Gasteiger partial charge in [0.05, 0.1) is 6.61 Å². The van der Waals surface area contributed by atoms with E-state index in [4.69, 9.17) is 4.74 Å². The van der Waals surface area contributed by atoms with Crippen LogP contribution in [0.5, 0.6) is 5.75 Å². The molecule has 0 aromatic heterocycles. The van der Waals surface area contributed by atoms with E-state index in [-0.39, 0.29) is 0 Å². The van der Waals surface area contributed by atoms with Crippen LogP contribution in [-0.2, 0) is 0 Å². The molecule has 0 aliphatic carbocycles. The first-order chi connectivity index (χ1) is 8.79. The van der Waals surface area contributed by atoms with Crippen LogP contribution in [0.2, 0.25) is 0 Å². The average molecular weight is 330 g/mol. The fraction of sp³-hybridized carbons (Fsp3) is 0.571. The largest absolute Gasteiger partial charge is 0.494 e. The quantitative estimate of drug-likeness (QED) is 0.862. The Hall–Kier alpha value is -0.190. The molecule has 2 nitrogen and oxygen atoms in total. The van der Waals surface area contributed by atoms with E-state index in [0.29, 0.717) is 6.04 Å². The summed E-state index contributed by atoms with van der Waals surface area (Å²) in [7, 11) is 0. The van der Waals surface area contributed by atoms with E-state index < -0.39 is 0 Å². The van der Waals surface area contributed by atoms with Gasteiger partial charge in [-0.05, 0) is 42.8 Å². The van der Waals surface area contributed by atoms with Gasteiger partial charge < -0.3 is 10.1 Å². The molecule has 100 valence electrons. The van der Waals surface area contributed by atoms with Crippen LogP contribution in [0, 0.1) is 5.92 Å². The molecule has 0 amide bonds. The lowest BCUT2D eigenvalue weighted by Crippen LogP contribution is -2.35. The summed E-state index contributed by atoms with van der Waals surface area (Å²) >= 11 is 5.51. The Bertz CT molecular complexity index is 375. The number of halogens is 1. The first-order valence-electron chi connectivity index (χ1n) is 6.49. The highest BCUT2D eigenvalue weighted by Crippen LogP contribution is 2.27. The summed E-state index contributed by atoms with van der Waals surface area (Å²) in [4.78, 5) is 0. The number of hydrogen-bond acceptors (Lipinski definition) is 3. The molecule has 0 radical (unpaired) electrons. The van der Waals surface area contributed by atoms with Gasteiger partial charge in [-0.25, -0.2) is 0 Å². The fourth-order valence-electron chi connectivity index (χ4n) is 2.26. The number of benzene rings is 1. The molecule has 1 aliphatic heterocycles. The third-order valence-electron chi connectivity index (χ3n) is 3.22. The molecule has 1 aliphatic rings. The molecule has 1 aromatic carbocycles. The highest BCUT2D eigenvalue weighted by atomic mass is 79.9. The normalized spacial score (nSPS) is 23.2. The summed E-state index contributed by atoms with van der Waals surface area (Å²) in [5, 5.41) is 3.57. The van der Waals surface area contributed by atoms with Gasteiger partial charge in [-0.3, -0.25) is 0 Å². The standard InChI is InChI=1S/C14H20BrNOS/c1-2-16-14-10-18-9-11(14)6-7-17-13-5-3-4-12(15)8-13/h3-5,8,11,14,16H,2,6-7,9-10H2,1H3. The van der Waals surface area contributed by atoms with Crippen LogP contribution in [0.3, 0.4) is 0 Å². The fourth-order valence-corrected chi connectivity index (χ4v) is 4.12. The van der Waals surface area contributed by atoms with E-state index in [2.05, 4.69) is 39.9 Å². The second kappa shape index (κ2) is 7.41. The van der Waals surface area contributed by atoms with Crippen LogP contribution in [0.15, 0.2) is 28.7 Å². The Morgan fingerprint density at radius 2 is 2.33 bits per heavy atom. The maximum atomic E-state index is 5.81.